The van der Waals surface area contributed by atoms with Crippen molar-refractivity contribution in [3.8, 4) is 5.75 Å². The molecule has 27 heavy (non-hydrogen) atoms. The highest BCUT2D eigenvalue weighted by Gasteiger charge is 2.44. The Labute approximate surface area is 160 Å². The summed E-state index contributed by atoms with van der Waals surface area (Å²) in [5, 5.41) is 21.1. The summed E-state index contributed by atoms with van der Waals surface area (Å²) in [6, 6.07) is 3.49. The summed E-state index contributed by atoms with van der Waals surface area (Å²) in [5.41, 5.74) is 1.54. The number of rotatable bonds is 8. The molecule has 6 heteroatoms. The standard InChI is InChI=1S/C21H30O6/c1-6-26-11-16-18(23)8-7-14-9-17(21(4,5)25)15(20(14)16)10-19(24)12(2)27-13(3)22/h7-8,12,15,17,23,25H,6,9-11H2,1-5H3/t12-,15-,17+/m0/s1. The number of ether oxygens (including phenoxy) is 2. The molecular weight excluding hydrogens is 348 g/mol. The number of carbonyl (C=O) groups is 2. The van der Waals surface area contributed by atoms with Crippen LogP contribution in [0.15, 0.2) is 12.1 Å². The van der Waals surface area contributed by atoms with E-state index in [1.165, 1.54) is 6.92 Å². The second-order valence-electron chi connectivity index (χ2n) is 7.77. The van der Waals surface area contributed by atoms with Gasteiger partial charge in [0.05, 0.1) is 12.2 Å². The summed E-state index contributed by atoms with van der Waals surface area (Å²) in [4.78, 5) is 23.8. The third-order valence-corrected chi connectivity index (χ3v) is 5.29. The van der Waals surface area contributed by atoms with Gasteiger partial charge in [-0.3, -0.25) is 9.59 Å². The molecule has 3 atom stereocenters. The Morgan fingerprint density at radius 3 is 2.56 bits per heavy atom. The number of phenolic OH excluding ortho intramolecular Hbond substituents is 1. The molecule has 0 aliphatic heterocycles. The molecule has 1 aliphatic carbocycles. The van der Waals surface area contributed by atoms with Crippen molar-refractivity contribution >= 4 is 11.8 Å². The number of hydrogen-bond donors (Lipinski definition) is 2. The zero-order valence-corrected chi connectivity index (χ0v) is 16.7. The lowest BCUT2D eigenvalue weighted by molar-refractivity contribution is -0.152. The van der Waals surface area contributed by atoms with Crippen LogP contribution in [0, 0.1) is 5.92 Å². The van der Waals surface area contributed by atoms with Gasteiger partial charge in [-0.25, -0.2) is 0 Å². The number of aliphatic hydroxyl groups is 1. The first-order chi connectivity index (χ1) is 12.6. The summed E-state index contributed by atoms with van der Waals surface area (Å²) >= 11 is 0. The molecule has 0 saturated carbocycles. The predicted octanol–water partition coefficient (Wildman–Crippen LogP) is 2.87. The first-order valence-electron chi connectivity index (χ1n) is 9.39. The fraction of sp³-hybridized carbons (Fsp3) is 0.619. The third kappa shape index (κ3) is 4.87. The Kier molecular flexibility index (Phi) is 6.65. The Balaban J connectivity index is 2.42. The van der Waals surface area contributed by atoms with Gasteiger partial charge in [-0.1, -0.05) is 6.07 Å². The van der Waals surface area contributed by atoms with Gasteiger partial charge in [0, 0.05) is 25.5 Å². The third-order valence-electron chi connectivity index (χ3n) is 5.29. The highest BCUT2D eigenvalue weighted by atomic mass is 16.5. The fourth-order valence-electron chi connectivity index (χ4n) is 3.96. The second kappa shape index (κ2) is 8.40. The van der Waals surface area contributed by atoms with Crippen LogP contribution in [-0.4, -0.2) is 40.3 Å². The molecule has 0 amide bonds. The zero-order chi connectivity index (χ0) is 20.4. The Bertz CT molecular complexity index is 703. The SMILES string of the molecule is CCOCc1c(O)ccc2c1[C@@H](CC(=O)[C@H](C)OC(C)=O)[C@H](C(C)(C)O)C2. The lowest BCUT2D eigenvalue weighted by Gasteiger charge is -2.32. The summed E-state index contributed by atoms with van der Waals surface area (Å²) in [6.07, 6.45) is -0.113. The average molecular weight is 378 g/mol. The van der Waals surface area contributed by atoms with E-state index in [-0.39, 0.29) is 36.4 Å². The molecule has 0 bridgehead atoms. The van der Waals surface area contributed by atoms with Crippen molar-refractivity contribution in [2.45, 2.75) is 71.7 Å². The van der Waals surface area contributed by atoms with Gasteiger partial charge in [0.15, 0.2) is 11.9 Å². The molecule has 0 aromatic heterocycles. The maximum absolute atomic E-state index is 12.7. The molecule has 150 valence electrons. The molecule has 0 heterocycles. The minimum atomic E-state index is -1.01. The fourth-order valence-corrected chi connectivity index (χ4v) is 3.96. The van der Waals surface area contributed by atoms with E-state index < -0.39 is 17.7 Å². The lowest BCUT2D eigenvalue weighted by atomic mass is 9.77. The van der Waals surface area contributed by atoms with Crippen molar-refractivity contribution in [2.75, 3.05) is 6.61 Å². The highest BCUT2D eigenvalue weighted by molar-refractivity contribution is 5.86. The smallest absolute Gasteiger partial charge is 0.303 e. The van der Waals surface area contributed by atoms with Crippen molar-refractivity contribution < 1.29 is 29.3 Å². The van der Waals surface area contributed by atoms with Crippen molar-refractivity contribution in [2.24, 2.45) is 5.92 Å². The first kappa shape index (κ1) is 21.4. The van der Waals surface area contributed by atoms with Crippen LogP contribution in [0.1, 0.15) is 63.6 Å². The van der Waals surface area contributed by atoms with Gasteiger partial charge >= 0.3 is 5.97 Å². The van der Waals surface area contributed by atoms with E-state index in [0.29, 0.717) is 18.6 Å². The lowest BCUT2D eigenvalue weighted by Crippen LogP contribution is -2.36. The normalized spacial score (nSPS) is 20.2. The van der Waals surface area contributed by atoms with Crippen LogP contribution in [0.5, 0.6) is 5.75 Å². The molecule has 1 aliphatic rings. The number of phenols is 1. The summed E-state index contributed by atoms with van der Waals surface area (Å²) in [7, 11) is 0. The van der Waals surface area contributed by atoms with Gasteiger partial charge in [0.1, 0.15) is 5.75 Å². The summed E-state index contributed by atoms with van der Waals surface area (Å²) < 4.78 is 10.5. The molecular formula is C21H30O6. The number of benzene rings is 1. The van der Waals surface area contributed by atoms with Crippen molar-refractivity contribution in [3.05, 3.63) is 28.8 Å². The topological polar surface area (TPSA) is 93.1 Å². The van der Waals surface area contributed by atoms with Gasteiger partial charge in [0.25, 0.3) is 0 Å². The van der Waals surface area contributed by atoms with E-state index >= 15 is 0 Å². The number of fused-ring (bicyclic) bond motifs is 1. The van der Waals surface area contributed by atoms with Crippen LogP contribution in [0.2, 0.25) is 0 Å². The maximum atomic E-state index is 12.7. The molecule has 0 saturated heterocycles. The Hall–Kier alpha value is -1.92. The van der Waals surface area contributed by atoms with Crippen LogP contribution in [0.3, 0.4) is 0 Å². The minimum absolute atomic E-state index is 0.124. The van der Waals surface area contributed by atoms with Crippen molar-refractivity contribution in [1.82, 2.24) is 0 Å². The molecule has 0 spiro atoms. The predicted molar refractivity (Wildman–Crippen MR) is 101 cm³/mol. The Morgan fingerprint density at radius 1 is 1.33 bits per heavy atom. The molecule has 2 rings (SSSR count). The molecule has 0 radical (unpaired) electrons. The number of aromatic hydroxyl groups is 1. The van der Waals surface area contributed by atoms with Gasteiger partial charge < -0.3 is 19.7 Å². The molecule has 1 aromatic rings. The molecule has 2 N–H and O–H groups in total. The van der Waals surface area contributed by atoms with Gasteiger partial charge in [0.2, 0.25) is 0 Å². The van der Waals surface area contributed by atoms with E-state index in [4.69, 9.17) is 9.47 Å². The number of Topliss-reactive ketones (excluding diaryl/α,β-unsaturated/α-hetero) is 1. The largest absolute Gasteiger partial charge is 0.508 e. The first-order valence-corrected chi connectivity index (χ1v) is 9.39. The van der Waals surface area contributed by atoms with E-state index in [2.05, 4.69) is 0 Å². The number of hydrogen-bond acceptors (Lipinski definition) is 6. The van der Waals surface area contributed by atoms with Gasteiger partial charge in [-0.2, -0.15) is 0 Å². The summed E-state index contributed by atoms with van der Waals surface area (Å²) in [6.45, 7) is 8.92. The van der Waals surface area contributed by atoms with Crippen LogP contribution in [0.4, 0.5) is 0 Å². The summed E-state index contributed by atoms with van der Waals surface area (Å²) in [5.74, 6) is -1.06. The second-order valence-corrected chi connectivity index (χ2v) is 7.77. The minimum Gasteiger partial charge on any atom is -0.508 e. The van der Waals surface area contributed by atoms with Crippen LogP contribution in [0.25, 0.3) is 0 Å². The van der Waals surface area contributed by atoms with Crippen LogP contribution < -0.4 is 0 Å². The van der Waals surface area contributed by atoms with Crippen LogP contribution >= 0.6 is 0 Å². The number of ketones is 1. The van der Waals surface area contributed by atoms with Crippen molar-refractivity contribution in [3.63, 3.8) is 0 Å². The van der Waals surface area contributed by atoms with E-state index in [0.717, 1.165) is 11.1 Å². The molecule has 1 aromatic carbocycles. The number of esters is 1. The van der Waals surface area contributed by atoms with Gasteiger partial charge in [-0.15, -0.1) is 0 Å². The monoisotopic (exact) mass is 378 g/mol. The van der Waals surface area contributed by atoms with E-state index in [1.54, 1.807) is 26.8 Å². The molecule has 0 fully saturated rings. The van der Waals surface area contributed by atoms with E-state index in [9.17, 15) is 19.8 Å². The average Bonchev–Trinajstić information content (AvgIpc) is 2.92. The van der Waals surface area contributed by atoms with Crippen molar-refractivity contribution in [1.29, 1.82) is 0 Å². The van der Waals surface area contributed by atoms with E-state index in [1.807, 2.05) is 13.0 Å². The van der Waals surface area contributed by atoms with Gasteiger partial charge in [-0.05, 0) is 63.1 Å². The zero-order valence-electron chi connectivity index (χ0n) is 16.7. The molecule has 0 unspecified atom stereocenters. The Morgan fingerprint density at radius 2 is 2.00 bits per heavy atom. The maximum Gasteiger partial charge on any atom is 0.303 e. The molecule has 6 nitrogen and oxygen atoms in total. The number of carbonyl (C=O) groups excluding carboxylic acids is 2. The highest BCUT2D eigenvalue weighted by Crippen LogP contribution is 2.48. The van der Waals surface area contributed by atoms with Crippen LogP contribution in [-0.2, 0) is 32.1 Å². The quantitative estimate of drug-likeness (QED) is 0.676.